The van der Waals surface area contributed by atoms with E-state index in [4.69, 9.17) is 9.72 Å². The van der Waals surface area contributed by atoms with Gasteiger partial charge in [-0.2, -0.15) is 0 Å². The molecule has 1 saturated heterocycles. The molecule has 17 heavy (non-hydrogen) atoms. The second kappa shape index (κ2) is 5.04. The SMILES string of the molecule is CNC(C)(C)c1sc(C2CCOCC2)nc1C. The summed E-state index contributed by atoms with van der Waals surface area (Å²) in [6.07, 6.45) is 2.23. The van der Waals surface area contributed by atoms with Gasteiger partial charge in [-0.25, -0.2) is 4.98 Å². The molecule has 1 aliphatic heterocycles. The van der Waals surface area contributed by atoms with Gasteiger partial charge in [0.25, 0.3) is 0 Å². The van der Waals surface area contributed by atoms with Crippen LogP contribution in [0.3, 0.4) is 0 Å². The smallest absolute Gasteiger partial charge is 0.0964 e. The summed E-state index contributed by atoms with van der Waals surface area (Å²) in [7, 11) is 2.01. The fourth-order valence-electron chi connectivity index (χ4n) is 2.23. The van der Waals surface area contributed by atoms with Gasteiger partial charge in [0.05, 0.1) is 10.7 Å². The average Bonchev–Trinajstić information content (AvgIpc) is 2.73. The first-order valence-corrected chi connectivity index (χ1v) is 7.10. The van der Waals surface area contributed by atoms with Gasteiger partial charge in [0.1, 0.15) is 0 Å². The van der Waals surface area contributed by atoms with E-state index < -0.39 is 0 Å². The van der Waals surface area contributed by atoms with Crippen molar-refractivity contribution in [3.8, 4) is 0 Å². The zero-order valence-electron chi connectivity index (χ0n) is 11.2. The maximum Gasteiger partial charge on any atom is 0.0964 e. The molecular weight excluding hydrogens is 232 g/mol. The van der Waals surface area contributed by atoms with E-state index in [2.05, 4.69) is 26.1 Å². The molecule has 0 aromatic carbocycles. The first kappa shape index (κ1) is 13.0. The number of rotatable bonds is 3. The van der Waals surface area contributed by atoms with Crippen LogP contribution in [0.1, 0.15) is 48.2 Å². The molecule has 1 fully saturated rings. The standard InChI is InChI=1S/C13H22N2OS/c1-9-11(13(2,3)14-4)17-12(15-9)10-5-7-16-8-6-10/h10,14H,5-8H2,1-4H3. The third-order valence-electron chi connectivity index (χ3n) is 3.58. The summed E-state index contributed by atoms with van der Waals surface area (Å²) < 4.78 is 5.41. The Morgan fingerprint density at radius 2 is 2.00 bits per heavy atom. The summed E-state index contributed by atoms with van der Waals surface area (Å²) in [5.74, 6) is 0.605. The highest BCUT2D eigenvalue weighted by atomic mass is 32.1. The van der Waals surface area contributed by atoms with E-state index in [-0.39, 0.29) is 5.54 Å². The van der Waals surface area contributed by atoms with E-state index >= 15 is 0 Å². The van der Waals surface area contributed by atoms with E-state index in [0.717, 1.165) is 26.1 Å². The van der Waals surface area contributed by atoms with Gasteiger partial charge in [-0.3, -0.25) is 0 Å². The first-order valence-electron chi connectivity index (χ1n) is 6.29. The quantitative estimate of drug-likeness (QED) is 0.900. The molecule has 0 bridgehead atoms. The topological polar surface area (TPSA) is 34.1 Å². The minimum Gasteiger partial charge on any atom is -0.381 e. The van der Waals surface area contributed by atoms with Crippen LogP contribution < -0.4 is 5.32 Å². The maximum atomic E-state index is 5.41. The van der Waals surface area contributed by atoms with Crippen molar-refractivity contribution in [2.24, 2.45) is 0 Å². The number of aromatic nitrogens is 1. The van der Waals surface area contributed by atoms with Gasteiger partial charge in [0.15, 0.2) is 0 Å². The first-order chi connectivity index (χ1) is 8.04. The van der Waals surface area contributed by atoms with Crippen molar-refractivity contribution in [3.63, 3.8) is 0 Å². The molecule has 0 spiro atoms. The third-order valence-corrected chi connectivity index (χ3v) is 5.22. The lowest BCUT2D eigenvalue weighted by atomic mass is 10.0. The van der Waals surface area contributed by atoms with E-state index in [1.807, 2.05) is 18.4 Å². The van der Waals surface area contributed by atoms with E-state index in [1.54, 1.807) is 0 Å². The lowest BCUT2D eigenvalue weighted by Gasteiger charge is -2.23. The molecule has 0 aliphatic carbocycles. The zero-order chi connectivity index (χ0) is 12.5. The van der Waals surface area contributed by atoms with E-state index in [0.29, 0.717) is 5.92 Å². The minimum atomic E-state index is 0.0190. The van der Waals surface area contributed by atoms with Gasteiger partial charge in [0.2, 0.25) is 0 Å². The number of nitrogens with zero attached hydrogens (tertiary/aromatic N) is 1. The minimum absolute atomic E-state index is 0.0190. The largest absolute Gasteiger partial charge is 0.381 e. The molecule has 0 amide bonds. The van der Waals surface area contributed by atoms with Crippen molar-refractivity contribution < 1.29 is 4.74 Å². The second-order valence-electron chi connectivity index (χ2n) is 5.23. The van der Waals surface area contributed by atoms with Gasteiger partial charge in [-0.1, -0.05) is 0 Å². The summed E-state index contributed by atoms with van der Waals surface area (Å²) >= 11 is 1.87. The summed E-state index contributed by atoms with van der Waals surface area (Å²) in [6, 6.07) is 0. The molecule has 1 aromatic heterocycles. The van der Waals surface area contributed by atoms with Crippen molar-refractivity contribution in [2.45, 2.75) is 45.1 Å². The molecule has 0 unspecified atom stereocenters. The molecule has 2 rings (SSSR count). The highest BCUT2D eigenvalue weighted by molar-refractivity contribution is 7.12. The summed E-state index contributed by atoms with van der Waals surface area (Å²) in [6.45, 7) is 8.30. The van der Waals surface area contributed by atoms with Crippen LogP contribution in [0.15, 0.2) is 0 Å². The Hall–Kier alpha value is -0.450. The highest BCUT2D eigenvalue weighted by Crippen LogP contribution is 2.36. The van der Waals surface area contributed by atoms with Crippen LogP contribution in [0.25, 0.3) is 0 Å². The molecule has 2 heterocycles. The van der Waals surface area contributed by atoms with Gasteiger partial charge in [-0.15, -0.1) is 11.3 Å². The number of hydrogen-bond acceptors (Lipinski definition) is 4. The molecule has 3 nitrogen and oxygen atoms in total. The van der Waals surface area contributed by atoms with Crippen molar-refractivity contribution in [1.82, 2.24) is 10.3 Å². The van der Waals surface area contributed by atoms with Crippen LogP contribution in [0.4, 0.5) is 0 Å². The Morgan fingerprint density at radius 3 is 2.59 bits per heavy atom. The number of nitrogens with one attached hydrogen (secondary N) is 1. The van der Waals surface area contributed by atoms with Gasteiger partial charge >= 0.3 is 0 Å². The molecule has 96 valence electrons. The predicted molar refractivity (Wildman–Crippen MR) is 71.7 cm³/mol. The van der Waals surface area contributed by atoms with Gasteiger partial charge < -0.3 is 10.1 Å². The average molecular weight is 254 g/mol. The van der Waals surface area contributed by atoms with Crippen LogP contribution in [0, 0.1) is 6.92 Å². The zero-order valence-corrected chi connectivity index (χ0v) is 12.0. The lowest BCUT2D eigenvalue weighted by molar-refractivity contribution is 0.0852. The molecule has 1 aliphatic rings. The van der Waals surface area contributed by atoms with Crippen LogP contribution in [-0.2, 0) is 10.3 Å². The normalized spacial score (nSPS) is 18.6. The monoisotopic (exact) mass is 254 g/mol. The molecule has 0 saturated carbocycles. The third kappa shape index (κ3) is 2.69. The Morgan fingerprint density at radius 1 is 1.35 bits per heavy atom. The lowest BCUT2D eigenvalue weighted by Crippen LogP contribution is -2.32. The molecule has 4 heteroatoms. The van der Waals surface area contributed by atoms with Crippen molar-refractivity contribution >= 4 is 11.3 Å². The van der Waals surface area contributed by atoms with Crippen LogP contribution >= 0.6 is 11.3 Å². The molecular formula is C13H22N2OS. The van der Waals surface area contributed by atoms with Crippen molar-refractivity contribution in [1.29, 1.82) is 0 Å². The van der Waals surface area contributed by atoms with Crippen molar-refractivity contribution in [3.05, 3.63) is 15.6 Å². The number of hydrogen-bond donors (Lipinski definition) is 1. The fourth-order valence-corrected chi connectivity index (χ4v) is 3.57. The Balaban J connectivity index is 2.23. The highest BCUT2D eigenvalue weighted by Gasteiger charge is 2.27. The number of aryl methyl sites for hydroxylation is 1. The van der Waals surface area contributed by atoms with Gasteiger partial charge in [-0.05, 0) is 40.7 Å². The Kier molecular flexibility index (Phi) is 3.85. The molecule has 1 N–H and O–H groups in total. The second-order valence-corrected chi connectivity index (χ2v) is 6.26. The van der Waals surface area contributed by atoms with Gasteiger partial charge in [0, 0.05) is 29.5 Å². The van der Waals surface area contributed by atoms with Crippen molar-refractivity contribution in [2.75, 3.05) is 20.3 Å². The van der Waals surface area contributed by atoms with E-state index in [1.165, 1.54) is 15.6 Å². The van der Waals surface area contributed by atoms with Crippen LogP contribution in [0.5, 0.6) is 0 Å². The molecule has 0 radical (unpaired) electrons. The summed E-state index contributed by atoms with van der Waals surface area (Å²) in [4.78, 5) is 6.13. The number of thiazole rings is 1. The Bertz CT molecular complexity index is 381. The predicted octanol–water partition coefficient (Wildman–Crippen LogP) is 2.80. The van der Waals surface area contributed by atoms with Crippen LogP contribution in [-0.4, -0.2) is 25.2 Å². The summed E-state index contributed by atoms with van der Waals surface area (Å²) in [5.41, 5.74) is 1.20. The van der Waals surface area contributed by atoms with E-state index in [9.17, 15) is 0 Å². The molecule has 0 atom stereocenters. The Labute approximate surface area is 108 Å². The maximum absolute atomic E-state index is 5.41. The summed E-state index contributed by atoms with van der Waals surface area (Å²) in [5, 5.41) is 4.66. The van der Waals surface area contributed by atoms with Crippen LogP contribution in [0.2, 0.25) is 0 Å². The molecule has 1 aromatic rings. The number of ether oxygens (including phenoxy) is 1. The fraction of sp³-hybridized carbons (Fsp3) is 0.769.